The molecule has 0 aliphatic rings. The van der Waals surface area contributed by atoms with Crippen LogP contribution in [0.3, 0.4) is 0 Å². The highest BCUT2D eigenvalue weighted by Gasteiger charge is 2.24. The molecule has 8 rings (SSSR count). The summed E-state index contributed by atoms with van der Waals surface area (Å²) in [5.74, 6) is 0. The van der Waals surface area contributed by atoms with E-state index in [2.05, 4.69) is 170 Å². The highest BCUT2D eigenvalue weighted by molar-refractivity contribution is 6.12. The molecule has 1 heterocycles. The van der Waals surface area contributed by atoms with Crippen molar-refractivity contribution in [2.75, 3.05) is 4.90 Å². The fourth-order valence-corrected chi connectivity index (χ4v) is 6.81. The number of anilines is 3. The van der Waals surface area contributed by atoms with Crippen molar-refractivity contribution in [2.24, 2.45) is 0 Å². The van der Waals surface area contributed by atoms with Gasteiger partial charge in [0.25, 0.3) is 0 Å². The largest absolute Gasteiger partial charge is 0.456 e. The van der Waals surface area contributed by atoms with Crippen LogP contribution in [0, 0.1) is 0 Å². The van der Waals surface area contributed by atoms with Crippen molar-refractivity contribution in [3.05, 3.63) is 194 Å². The summed E-state index contributed by atoms with van der Waals surface area (Å²) in [6, 6.07) is 56.3. The van der Waals surface area contributed by atoms with Gasteiger partial charge in [0.2, 0.25) is 0 Å². The molecule has 8 aromatic rings. The Labute approximate surface area is 287 Å². The van der Waals surface area contributed by atoms with E-state index < -0.39 is 0 Å². The minimum atomic E-state index is 0.859. The number of nitrogens with zero attached hydrogens (tertiary/aromatic N) is 1. The van der Waals surface area contributed by atoms with Crippen molar-refractivity contribution < 1.29 is 4.42 Å². The summed E-state index contributed by atoms with van der Waals surface area (Å²) in [6.07, 6.45) is 7.89. The first-order valence-corrected chi connectivity index (χ1v) is 16.6. The third kappa shape index (κ3) is 5.64. The maximum Gasteiger partial charge on any atom is 0.137 e. The van der Waals surface area contributed by atoms with Gasteiger partial charge in [0, 0.05) is 39.2 Å². The molecule has 2 heteroatoms. The fraction of sp³-hybridized carbons (Fsp3) is 0.0213. The van der Waals surface area contributed by atoms with Crippen LogP contribution >= 0.6 is 0 Å². The molecule has 0 atom stereocenters. The first-order valence-electron chi connectivity index (χ1n) is 16.6. The molecule has 0 bridgehead atoms. The Bertz CT molecular complexity index is 2500. The predicted octanol–water partition coefficient (Wildman–Crippen LogP) is 13.7. The molecule has 0 aliphatic heterocycles. The lowest BCUT2D eigenvalue weighted by Gasteiger charge is -2.31. The zero-order valence-electron chi connectivity index (χ0n) is 27.4. The highest BCUT2D eigenvalue weighted by Crippen LogP contribution is 2.50. The van der Waals surface area contributed by atoms with Gasteiger partial charge in [0.15, 0.2) is 0 Å². The summed E-state index contributed by atoms with van der Waals surface area (Å²) >= 11 is 0. The monoisotopic (exact) mass is 629 g/mol. The van der Waals surface area contributed by atoms with Gasteiger partial charge in [0.1, 0.15) is 11.2 Å². The zero-order valence-corrected chi connectivity index (χ0v) is 27.4. The average Bonchev–Trinajstić information content (AvgIpc) is 3.54. The van der Waals surface area contributed by atoms with Crippen LogP contribution in [0.25, 0.3) is 60.5 Å². The lowest BCUT2D eigenvalue weighted by atomic mass is 9.88. The van der Waals surface area contributed by atoms with E-state index in [-0.39, 0.29) is 0 Å². The minimum absolute atomic E-state index is 0.859. The lowest BCUT2D eigenvalue weighted by molar-refractivity contribution is 0.669. The summed E-state index contributed by atoms with van der Waals surface area (Å²) in [5.41, 5.74) is 12.0. The van der Waals surface area contributed by atoms with E-state index in [1.54, 1.807) is 6.08 Å². The molecular weight excluding hydrogens is 595 g/mol. The van der Waals surface area contributed by atoms with E-state index in [1.807, 2.05) is 24.3 Å². The van der Waals surface area contributed by atoms with E-state index in [9.17, 15) is 0 Å². The Morgan fingerprint density at radius 2 is 1.20 bits per heavy atom. The molecule has 49 heavy (non-hydrogen) atoms. The SMILES string of the molecule is C=C/C=C\C=C(/C)c1ccc(N(c2ccc3c(c2)oc2ccccc23)c2c(-c3ccccc3)c(-c3ccccc3)cc3ccccc23)cc1. The van der Waals surface area contributed by atoms with Gasteiger partial charge in [-0.2, -0.15) is 0 Å². The van der Waals surface area contributed by atoms with E-state index in [0.29, 0.717) is 0 Å². The molecule has 2 nitrogen and oxygen atoms in total. The molecule has 1 aromatic heterocycles. The van der Waals surface area contributed by atoms with Gasteiger partial charge >= 0.3 is 0 Å². The average molecular weight is 630 g/mol. The van der Waals surface area contributed by atoms with Crippen LogP contribution in [0.2, 0.25) is 0 Å². The predicted molar refractivity (Wildman–Crippen MR) is 210 cm³/mol. The number of rotatable bonds is 8. The number of hydrogen-bond acceptors (Lipinski definition) is 2. The molecule has 234 valence electrons. The van der Waals surface area contributed by atoms with Crippen LogP contribution in [-0.2, 0) is 0 Å². The number of para-hydroxylation sites is 1. The third-order valence-corrected chi connectivity index (χ3v) is 9.19. The smallest absolute Gasteiger partial charge is 0.137 e. The van der Waals surface area contributed by atoms with Gasteiger partial charge < -0.3 is 9.32 Å². The van der Waals surface area contributed by atoms with Gasteiger partial charge in [-0.15, -0.1) is 0 Å². The van der Waals surface area contributed by atoms with Crippen molar-refractivity contribution in [3.8, 4) is 22.3 Å². The number of benzene rings is 7. The Hall–Kier alpha value is -6.38. The Morgan fingerprint density at radius 3 is 1.96 bits per heavy atom. The molecule has 0 saturated heterocycles. The van der Waals surface area contributed by atoms with Crippen LogP contribution < -0.4 is 4.90 Å². The molecule has 0 spiro atoms. The zero-order chi connectivity index (χ0) is 33.2. The third-order valence-electron chi connectivity index (χ3n) is 9.19. The topological polar surface area (TPSA) is 16.4 Å². The minimum Gasteiger partial charge on any atom is -0.456 e. The molecule has 0 fully saturated rings. The van der Waals surface area contributed by atoms with Gasteiger partial charge in [0.05, 0.1) is 5.69 Å². The second-order valence-corrected chi connectivity index (χ2v) is 12.2. The second-order valence-electron chi connectivity index (χ2n) is 12.2. The van der Waals surface area contributed by atoms with Crippen molar-refractivity contribution in [2.45, 2.75) is 6.92 Å². The lowest BCUT2D eigenvalue weighted by Crippen LogP contribution is -2.12. The van der Waals surface area contributed by atoms with E-state index >= 15 is 0 Å². The van der Waals surface area contributed by atoms with Gasteiger partial charge in [-0.1, -0.05) is 146 Å². The van der Waals surface area contributed by atoms with Crippen LogP contribution in [0.15, 0.2) is 193 Å². The molecular formula is C47H35NO. The Morgan fingerprint density at radius 1 is 0.571 bits per heavy atom. The number of furan rings is 1. The molecule has 0 N–H and O–H groups in total. The maximum absolute atomic E-state index is 6.46. The number of hydrogen-bond donors (Lipinski definition) is 0. The van der Waals surface area contributed by atoms with Crippen LogP contribution in [-0.4, -0.2) is 0 Å². The van der Waals surface area contributed by atoms with Gasteiger partial charge in [-0.25, -0.2) is 0 Å². The van der Waals surface area contributed by atoms with Crippen molar-refractivity contribution >= 4 is 55.3 Å². The van der Waals surface area contributed by atoms with Gasteiger partial charge in [-0.3, -0.25) is 0 Å². The first kappa shape index (κ1) is 30.0. The van der Waals surface area contributed by atoms with Gasteiger partial charge in [-0.05, 0) is 76.5 Å². The van der Waals surface area contributed by atoms with E-state index in [1.165, 1.54) is 33.0 Å². The molecule has 0 saturated carbocycles. The standard InChI is InChI=1S/C47H35NO/c1-3-4-7-16-33(2)34-25-27-38(28-26-34)48(39-29-30-42-41-23-14-15-24-44(41)49-45(42)32-39)47-40-22-13-12-21-37(40)31-43(35-17-8-5-9-18-35)46(47)36-19-10-6-11-20-36/h3-32H,1H2,2H3/b7-4-,33-16+. The Kier molecular flexibility index (Phi) is 7.97. The molecule has 0 amide bonds. The summed E-state index contributed by atoms with van der Waals surface area (Å²) in [6.45, 7) is 5.94. The normalized spacial score (nSPS) is 11.9. The van der Waals surface area contributed by atoms with Crippen molar-refractivity contribution in [1.82, 2.24) is 0 Å². The van der Waals surface area contributed by atoms with Crippen LogP contribution in [0.1, 0.15) is 12.5 Å². The van der Waals surface area contributed by atoms with E-state index in [0.717, 1.165) is 50.1 Å². The van der Waals surface area contributed by atoms with Crippen molar-refractivity contribution in [3.63, 3.8) is 0 Å². The van der Waals surface area contributed by atoms with Crippen LogP contribution in [0.5, 0.6) is 0 Å². The maximum atomic E-state index is 6.46. The summed E-state index contributed by atoms with van der Waals surface area (Å²) in [7, 11) is 0. The molecule has 0 unspecified atom stereocenters. The second kappa shape index (κ2) is 13.0. The number of allylic oxidation sites excluding steroid dienone is 5. The summed E-state index contributed by atoms with van der Waals surface area (Å²) in [5, 5.41) is 4.57. The first-order chi connectivity index (χ1) is 24.2. The van der Waals surface area contributed by atoms with Crippen molar-refractivity contribution in [1.29, 1.82) is 0 Å². The fourth-order valence-electron chi connectivity index (χ4n) is 6.81. The highest BCUT2D eigenvalue weighted by atomic mass is 16.3. The Balaban J connectivity index is 1.45. The molecule has 0 radical (unpaired) electrons. The van der Waals surface area contributed by atoms with E-state index in [4.69, 9.17) is 4.42 Å². The quantitative estimate of drug-likeness (QED) is 0.156. The summed E-state index contributed by atoms with van der Waals surface area (Å²) < 4.78 is 6.46. The number of fused-ring (bicyclic) bond motifs is 4. The summed E-state index contributed by atoms with van der Waals surface area (Å²) in [4.78, 5) is 2.41. The molecule has 0 aliphatic carbocycles. The van der Waals surface area contributed by atoms with Crippen LogP contribution in [0.4, 0.5) is 17.1 Å². The molecule has 7 aromatic carbocycles.